The Hall–Kier alpha value is -0.540. The number of hydrogen-bond acceptors (Lipinski definition) is 2. The van der Waals surface area contributed by atoms with Crippen LogP contribution < -0.4 is 10.1 Å². The predicted octanol–water partition coefficient (Wildman–Crippen LogP) is 4.15. The topological polar surface area (TPSA) is 21.3 Å². The summed E-state index contributed by atoms with van der Waals surface area (Å²) in [6, 6.07) is 6.60. The molecule has 1 aromatic rings. The zero-order valence-electron chi connectivity index (χ0n) is 11.1. The molecular formula is C14H22BrNO. The van der Waals surface area contributed by atoms with E-state index in [9.17, 15) is 0 Å². The molecule has 1 unspecified atom stereocenters. The van der Waals surface area contributed by atoms with Crippen LogP contribution in [0.25, 0.3) is 0 Å². The van der Waals surface area contributed by atoms with E-state index in [0.717, 1.165) is 22.7 Å². The second-order valence-corrected chi connectivity index (χ2v) is 5.61. The van der Waals surface area contributed by atoms with Crippen molar-refractivity contribution in [1.82, 2.24) is 5.32 Å². The average molecular weight is 300 g/mol. The lowest BCUT2D eigenvalue weighted by atomic mass is 10.1. The number of nitrogens with one attached hydrogen (secondary N) is 1. The van der Waals surface area contributed by atoms with Crippen molar-refractivity contribution in [2.45, 2.75) is 33.2 Å². The number of hydrogen-bond donors (Lipinski definition) is 1. The minimum absolute atomic E-state index is 0.371. The van der Waals surface area contributed by atoms with Gasteiger partial charge in [0, 0.05) is 6.04 Å². The Morgan fingerprint density at radius 2 is 2.00 bits per heavy atom. The molecule has 96 valence electrons. The third kappa shape index (κ3) is 4.68. The van der Waals surface area contributed by atoms with Crippen molar-refractivity contribution in [3.05, 3.63) is 28.2 Å². The fraction of sp³-hybridized carbons (Fsp3) is 0.571. The molecule has 0 amide bonds. The molecule has 0 aliphatic rings. The Labute approximate surface area is 113 Å². The fourth-order valence-electron chi connectivity index (χ4n) is 1.66. The van der Waals surface area contributed by atoms with E-state index in [0.29, 0.717) is 6.04 Å². The number of benzene rings is 1. The number of methoxy groups -OCH3 is 1. The van der Waals surface area contributed by atoms with E-state index in [1.807, 2.05) is 6.07 Å². The second kappa shape index (κ2) is 7.02. The Kier molecular flexibility index (Phi) is 6.00. The van der Waals surface area contributed by atoms with Crippen LogP contribution in [-0.4, -0.2) is 13.7 Å². The van der Waals surface area contributed by atoms with Crippen molar-refractivity contribution >= 4 is 15.9 Å². The van der Waals surface area contributed by atoms with Crippen LogP contribution in [0.3, 0.4) is 0 Å². The van der Waals surface area contributed by atoms with Crippen LogP contribution in [0.15, 0.2) is 22.7 Å². The molecule has 0 aliphatic carbocycles. The van der Waals surface area contributed by atoms with Crippen molar-refractivity contribution in [3.63, 3.8) is 0 Å². The van der Waals surface area contributed by atoms with Crippen molar-refractivity contribution in [1.29, 1.82) is 0 Å². The van der Waals surface area contributed by atoms with Gasteiger partial charge in [0.05, 0.1) is 11.6 Å². The quantitative estimate of drug-likeness (QED) is 0.852. The largest absolute Gasteiger partial charge is 0.496 e. The number of rotatable bonds is 6. The lowest BCUT2D eigenvalue weighted by molar-refractivity contribution is 0.411. The highest BCUT2D eigenvalue weighted by Gasteiger charge is 2.07. The van der Waals surface area contributed by atoms with Crippen LogP contribution in [0.4, 0.5) is 0 Å². The maximum absolute atomic E-state index is 5.23. The monoisotopic (exact) mass is 299 g/mol. The van der Waals surface area contributed by atoms with Gasteiger partial charge in [0.1, 0.15) is 5.75 Å². The normalized spacial score (nSPS) is 12.8. The van der Waals surface area contributed by atoms with Gasteiger partial charge >= 0.3 is 0 Å². The van der Waals surface area contributed by atoms with E-state index in [2.05, 4.69) is 54.2 Å². The molecule has 1 N–H and O–H groups in total. The molecule has 0 aromatic heterocycles. The predicted molar refractivity (Wildman–Crippen MR) is 76.6 cm³/mol. The van der Waals surface area contributed by atoms with E-state index < -0.39 is 0 Å². The minimum Gasteiger partial charge on any atom is -0.496 e. The molecular weight excluding hydrogens is 278 g/mol. The molecule has 3 heteroatoms. The third-order valence-corrected chi connectivity index (χ3v) is 3.47. The summed E-state index contributed by atoms with van der Waals surface area (Å²) in [5.41, 5.74) is 1.28. The Balaban J connectivity index is 2.57. The summed E-state index contributed by atoms with van der Waals surface area (Å²) in [6.07, 6.45) is 1.21. The lowest BCUT2D eigenvalue weighted by Crippen LogP contribution is -2.20. The average Bonchev–Trinajstić information content (AvgIpc) is 2.28. The molecule has 0 heterocycles. The van der Waals surface area contributed by atoms with Crippen LogP contribution in [0, 0.1) is 5.92 Å². The van der Waals surface area contributed by atoms with E-state index in [1.54, 1.807) is 7.11 Å². The SMILES string of the molecule is COc1ccc(C(C)NCCC(C)C)cc1Br. The number of ether oxygens (including phenoxy) is 1. The van der Waals surface area contributed by atoms with Gasteiger partial charge in [-0.2, -0.15) is 0 Å². The maximum atomic E-state index is 5.23. The van der Waals surface area contributed by atoms with Crippen molar-refractivity contribution in [3.8, 4) is 5.75 Å². The zero-order valence-corrected chi connectivity index (χ0v) is 12.7. The van der Waals surface area contributed by atoms with E-state index >= 15 is 0 Å². The van der Waals surface area contributed by atoms with Crippen molar-refractivity contribution < 1.29 is 4.74 Å². The van der Waals surface area contributed by atoms with Gasteiger partial charge in [-0.05, 0) is 59.4 Å². The van der Waals surface area contributed by atoms with Gasteiger partial charge in [-0.3, -0.25) is 0 Å². The van der Waals surface area contributed by atoms with Crippen molar-refractivity contribution in [2.24, 2.45) is 5.92 Å². The smallest absolute Gasteiger partial charge is 0.133 e. The standard InChI is InChI=1S/C14H22BrNO/c1-10(2)7-8-16-11(3)12-5-6-14(17-4)13(15)9-12/h5-6,9-11,16H,7-8H2,1-4H3. The van der Waals surface area contributed by atoms with Crippen LogP contribution in [0.2, 0.25) is 0 Å². The highest BCUT2D eigenvalue weighted by atomic mass is 79.9. The fourth-order valence-corrected chi connectivity index (χ4v) is 2.22. The van der Waals surface area contributed by atoms with E-state index in [-0.39, 0.29) is 0 Å². The first-order valence-corrected chi connectivity index (χ1v) is 6.90. The van der Waals surface area contributed by atoms with E-state index in [1.165, 1.54) is 12.0 Å². The zero-order chi connectivity index (χ0) is 12.8. The van der Waals surface area contributed by atoms with Gasteiger partial charge in [-0.15, -0.1) is 0 Å². The molecule has 0 spiro atoms. The molecule has 1 atom stereocenters. The molecule has 0 saturated heterocycles. The highest BCUT2D eigenvalue weighted by Crippen LogP contribution is 2.27. The van der Waals surface area contributed by atoms with Crippen LogP contribution in [0.1, 0.15) is 38.8 Å². The second-order valence-electron chi connectivity index (χ2n) is 4.75. The summed E-state index contributed by atoms with van der Waals surface area (Å²) >= 11 is 3.51. The molecule has 2 nitrogen and oxygen atoms in total. The summed E-state index contributed by atoms with van der Waals surface area (Å²) in [5, 5.41) is 3.53. The minimum atomic E-state index is 0.371. The summed E-state index contributed by atoms with van der Waals surface area (Å²) < 4.78 is 6.23. The first kappa shape index (κ1) is 14.5. The maximum Gasteiger partial charge on any atom is 0.133 e. The summed E-state index contributed by atoms with van der Waals surface area (Å²) in [7, 11) is 1.68. The molecule has 0 aliphatic heterocycles. The van der Waals surface area contributed by atoms with Gasteiger partial charge in [0.25, 0.3) is 0 Å². The summed E-state index contributed by atoms with van der Waals surface area (Å²) in [5.74, 6) is 1.63. The highest BCUT2D eigenvalue weighted by molar-refractivity contribution is 9.10. The van der Waals surface area contributed by atoms with Gasteiger partial charge in [0.2, 0.25) is 0 Å². The van der Waals surface area contributed by atoms with Crippen LogP contribution in [-0.2, 0) is 0 Å². The molecule has 0 bridgehead atoms. The summed E-state index contributed by atoms with van der Waals surface area (Å²) in [6.45, 7) is 7.74. The van der Waals surface area contributed by atoms with Gasteiger partial charge in [-0.1, -0.05) is 19.9 Å². The Morgan fingerprint density at radius 1 is 1.29 bits per heavy atom. The molecule has 0 saturated carbocycles. The van der Waals surface area contributed by atoms with Crippen LogP contribution in [0.5, 0.6) is 5.75 Å². The summed E-state index contributed by atoms with van der Waals surface area (Å²) in [4.78, 5) is 0. The van der Waals surface area contributed by atoms with E-state index in [4.69, 9.17) is 4.74 Å². The molecule has 17 heavy (non-hydrogen) atoms. The lowest BCUT2D eigenvalue weighted by Gasteiger charge is -2.16. The molecule has 1 aromatic carbocycles. The first-order valence-electron chi connectivity index (χ1n) is 6.11. The third-order valence-electron chi connectivity index (χ3n) is 2.85. The molecule has 0 radical (unpaired) electrons. The molecule has 0 fully saturated rings. The van der Waals surface area contributed by atoms with Gasteiger partial charge < -0.3 is 10.1 Å². The van der Waals surface area contributed by atoms with Crippen LogP contribution >= 0.6 is 15.9 Å². The van der Waals surface area contributed by atoms with Gasteiger partial charge in [0.15, 0.2) is 0 Å². The Bertz CT molecular complexity index is 352. The Morgan fingerprint density at radius 3 is 2.53 bits per heavy atom. The first-order chi connectivity index (χ1) is 8.04. The van der Waals surface area contributed by atoms with Gasteiger partial charge in [-0.25, -0.2) is 0 Å². The number of halogens is 1. The molecule has 1 rings (SSSR count). The van der Waals surface area contributed by atoms with Crippen molar-refractivity contribution in [2.75, 3.05) is 13.7 Å².